The third-order valence-corrected chi connectivity index (χ3v) is 10.8. The van der Waals surface area contributed by atoms with E-state index in [-0.39, 0.29) is 34.9 Å². The van der Waals surface area contributed by atoms with Crippen molar-refractivity contribution in [1.82, 2.24) is 24.4 Å². The number of halogens is 1. The first-order valence-corrected chi connectivity index (χ1v) is 16.5. The van der Waals surface area contributed by atoms with Crippen LogP contribution in [0.3, 0.4) is 0 Å². The molecule has 2 heterocycles. The Balaban J connectivity index is 1.42. The average Bonchev–Trinajstić information content (AvgIpc) is 2.94. The number of aromatic nitrogens is 4. The number of anilines is 2. The standard InChI is InChI=1S/C30H42FN7O3S/c1-18(2)38-28-25(17-32-30(35-28)33-21-11-13-22(14-12-21)37(4)5)34-27(29(38)39)20-10-15-24(23(31)16-20)36-42(40,41)26-9-7-6-8-19(26)3/h10,15-19,21-22,26,36H,6-9,11-14H2,1-5H3,(H,32,33,35). The lowest BCUT2D eigenvalue weighted by molar-refractivity contribution is 0.221. The first-order valence-electron chi connectivity index (χ1n) is 15.0. The van der Waals surface area contributed by atoms with E-state index in [1.165, 1.54) is 12.1 Å². The SMILES string of the molecule is CC1CCCCC1S(=O)(=O)Nc1ccc(-c2nc3cnc(NC4CCC(N(C)C)CC4)nc3n(C(C)C)c2=O)cc1F. The minimum Gasteiger partial charge on any atom is -0.351 e. The summed E-state index contributed by atoms with van der Waals surface area (Å²) in [6.07, 6.45) is 9.03. The van der Waals surface area contributed by atoms with Crippen molar-refractivity contribution in [2.75, 3.05) is 24.1 Å². The van der Waals surface area contributed by atoms with E-state index in [1.807, 2.05) is 20.8 Å². The molecule has 2 aromatic heterocycles. The summed E-state index contributed by atoms with van der Waals surface area (Å²) in [6.45, 7) is 5.69. The van der Waals surface area contributed by atoms with Crippen molar-refractivity contribution in [3.05, 3.63) is 40.6 Å². The number of rotatable bonds is 8. The molecular weight excluding hydrogens is 557 g/mol. The Morgan fingerprint density at radius 2 is 1.76 bits per heavy atom. The molecule has 12 heteroatoms. The Kier molecular flexibility index (Phi) is 8.84. The smallest absolute Gasteiger partial charge is 0.278 e. The maximum absolute atomic E-state index is 15.3. The molecule has 5 rings (SSSR count). The van der Waals surface area contributed by atoms with Crippen LogP contribution in [0.5, 0.6) is 0 Å². The van der Waals surface area contributed by atoms with Gasteiger partial charge in [-0.1, -0.05) is 25.8 Å². The molecule has 2 saturated carbocycles. The summed E-state index contributed by atoms with van der Waals surface area (Å²) in [5.74, 6) is -0.309. The van der Waals surface area contributed by atoms with Gasteiger partial charge >= 0.3 is 0 Å². The van der Waals surface area contributed by atoms with Gasteiger partial charge in [0.1, 0.15) is 17.0 Å². The highest BCUT2D eigenvalue weighted by atomic mass is 32.2. The number of hydrogen-bond donors (Lipinski definition) is 2. The van der Waals surface area contributed by atoms with Gasteiger partial charge in [0.2, 0.25) is 16.0 Å². The lowest BCUT2D eigenvalue weighted by atomic mass is 9.90. The van der Waals surface area contributed by atoms with E-state index in [4.69, 9.17) is 0 Å². The predicted molar refractivity (Wildman–Crippen MR) is 165 cm³/mol. The number of sulfonamides is 1. The predicted octanol–water partition coefficient (Wildman–Crippen LogP) is 5.18. The molecule has 2 atom stereocenters. The van der Waals surface area contributed by atoms with Crippen molar-refractivity contribution in [3.63, 3.8) is 0 Å². The highest BCUT2D eigenvalue weighted by Gasteiger charge is 2.33. The molecule has 0 radical (unpaired) electrons. The maximum Gasteiger partial charge on any atom is 0.278 e. The molecule has 3 aromatic rings. The molecule has 0 bridgehead atoms. The Morgan fingerprint density at radius 1 is 1.05 bits per heavy atom. The second-order valence-electron chi connectivity index (χ2n) is 12.4. The fourth-order valence-electron chi connectivity index (χ4n) is 6.37. The number of benzene rings is 1. The molecule has 2 unspecified atom stereocenters. The van der Waals surface area contributed by atoms with E-state index in [0.717, 1.165) is 51.0 Å². The molecule has 42 heavy (non-hydrogen) atoms. The van der Waals surface area contributed by atoms with Crippen LogP contribution < -0.4 is 15.6 Å². The molecule has 2 fully saturated rings. The monoisotopic (exact) mass is 599 g/mol. The van der Waals surface area contributed by atoms with Crippen LogP contribution in [-0.2, 0) is 10.0 Å². The van der Waals surface area contributed by atoms with Gasteiger partial charge in [-0.05, 0) is 84.5 Å². The summed E-state index contributed by atoms with van der Waals surface area (Å²) in [5, 5.41) is 2.88. The van der Waals surface area contributed by atoms with Gasteiger partial charge in [-0.15, -0.1) is 0 Å². The average molecular weight is 600 g/mol. The van der Waals surface area contributed by atoms with Crippen molar-refractivity contribution >= 4 is 32.8 Å². The van der Waals surface area contributed by atoms with Gasteiger partial charge < -0.3 is 10.2 Å². The summed E-state index contributed by atoms with van der Waals surface area (Å²) in [7, 11) is 0.464. The first-order chi connectivity index (χ1) is 19.9. The molecule has 2 N–H and O–H groups in total. The van der Waals surface area contributed by atoms with Gasteiger partial charge in [0.05, 0.1) is 17.1 Å². The zero-order chi connectivity index (χ0) is 30.2. The van der Waals surface area contributed by atoms with Crippen molar-refractivity contribution in [3.8, 4) is 11.3 Å². The Bertz CT molecular complexity index is 1600. The second kappa shape index (κ2) is 12.2. The molecule has 228 valence electrons. The molecule has 0 amide bonds. The minimum absolute atomic E-state index is 0.00548. The van der Waals surface area contributed by atoms with Crippen LogP contribution in [0.4, 0.5) is 16.0 Å². The lowest BCUT2D eigenvalue weighted by Crippen LogP contribution is -2.36. The Hall–Kier alpha value is -3.12. The molecular formula is C30H42FN7O3S. The van der Waals surface area contributed by atoms with Gasteiger partial charge in [0, 0.05) is 23.7 Å². The molecule has 0 saturated heterocycles. The van der Waals surface area contributed by atoms with E-state index < -0.39 is 26.6 Å². The topological polar surface area (TPSA) is 122 Å². The maximum atomic E-state index is 15.3. The van der Waals surface area contributed by atoms with Crippen molar-refractivity contribution in [2.45, 2.75) is 95.5 Å². The van der Waals surface area contributed by atoms with Crippen LogP contribution in [0.1, 0.15) is 78.2 Å². The minimum atomic E-state index is -3.76. The molecule has 0 spiro atoms. The van der Waals surface area contributed by atoms with Crippen molar-refractivity contribution in [2.24, 2.45) is 5.92 Å². The van der Waals surface area contributed by atoms with Crippen molar-refractivity contribution < 1.29 is 12.8 Å². The van der Waals surface area contributed by atoms with Crippen LogP contribution in [0.15, 0.2) is 29.2 Å². The molecule has 10 nitrogen and oxygen atoms in total. The number of nitrogens with zero attached hydrogens (tertiary/aromatic N) is 5. The second-order valence-corrected chi connectivity index (χ2v) is 14.3. The number of nitrogens with one attached hydrogen (secondary N) is 2. The third-order valence-electron chi connectivity index (χ3n) is 8.83. The largest absolute Gasteiger partial charge is 0.351 e. The summed E-state index contributed by atoms with van der Waals surface area (Å²) >= 11 is 0. The zero-order valence-electron chi connectivity index (χ0n) is 25.1. The van der Waals surface area contributed by atoms with Gasteiger partial charge in [-0.25, -0.2) is 22.8 Å². The van der Waals surface area contributed by atoms with E-state index in [0.29, 0.717) is 29.6 Å². The van der Waals surface area contributed by atoms with Gasteiger partial charge in [0.25, 0.3) is 5.56 Å². The van der Waals surface area contributed by atoms with E-state index in [1.54, 1.807) is 10.8 Å². The third kappa shape index (κ3) is 6.29. The molecule has 0 aliphatic heterocycles. The summed E-state index contributed by atoms with van der Waals surface area (Å²) in [4.78, 5) is 29.6. The zero-order valence-corrected chi connectivity index (χ0v) is 25.9. The Labute approximate surface area is 247 Å². The summed E-state index contributed by atoms with van der Waals surface area (Å²) in [5.41, 5.74) is 0.582. The molecule has 2 aliphatic rings. The molecule has 2 aliphatic carbocycles. The van der Waals surface area contributed by atoms with Crippen LogP contribution in [-0.4, -0.2) is 64.3 Å². The summed E-state index contributed by atoms with van der Waals surface area (Å²) < 4.78 is 45.3. The fraction of sp³-hybridized carbons (Fsp3) is 0.600. The highest BCUT2D eigenvalue weighted by molar-refractivity contribution is 7.93. The molecule has 1 aromatic carbocycles. The van der Waals surface area contributed by atoms with Gasteiger partial charge in [-0.3, -0.25) is 14.1 Å². The highest BCUT2D eigenvalue weighted by Crippen LogP contribution is 2.32. The van der Waals surface area contributed by atoms with Crippen LogP contribution in [0, 0.1) is 11.7 Å². The number of fused-ring (bicyclic) bond motifs is 1. The van der Waals surface area contributed by atoms with E-state index in [9.17, 15) is 13.2 Å². The van der Waals surface area contributed by atoms with Crippen LogP contribution in [0.25, 0.3) is 22.4 Å². The first kappa shape index (κ1) is 30.3. The van der Waals surface area contributed by atoms with Gasteiger partial charge in [-0.2, -0.15) is 4.98 Å². The normalized spacial score (nSPS) is 23.4. The Morgan fingerprint density at radius 3 is 2.40 bits per heavy atom. The lowest BCUT2D eigenvalue weighted by Gasteiger charge is -2.32. The van der Waals surface area contributed by atoms with Crippen molar-refractivity contribution in [1.29, 1.82) is 0 Å². The fourth-order valence-corrected chi connectivity index (χ4v) is 8.22. The quantitative estimate of drug-likeness (QED) is 0.363. The van der Waals surface area contributed by atoms with Crippen LogP contribution >= 0.6 is 0 Å². The van der Waals surface area contributed by atoms with Gasteiger partial charge in [0.15, 0.2) is 5.65 Å². The van der Waals surface area contributed by atoms with Crippen LogP contribution in [0.2, 0.25) is 0 Å². The number of hydrogen-bond acceptors (Lipinski definition) is 8. The van der Waals surface area contributed by atoms with E-state index in [2.05, 4.69) is 44.0 Å². The summed E-state index contributed by atoms with van der Waals surface area (Å²) in [6, 6.07) is 4.62. The van der Waals surface area contributed by atoms with E-state index >= 15 is 4.39 Å².